The smallest absolute Gasteiger partial charge is 0.336 e. The van der Waals surface area contributed by atoms with Gasteiger partial charge in [-0.1, -0.05) is 18.2 Å². The lowest BCUT2D eigenvalue weighted by molar-refractivity contribution is 0.0696. The van der Waals surface area contributed by atoms with Crippen LogP contribution >= 0.6 is 0 Å². The van der Waals surface area contributed by atoms with Crippen LogP contribution in [0, 0.1) is 0 Å². The fraction of sp³-hybridized carbons (Fsp3) is 0.467. The number of nitrogens with zero attached hydrogens (tertiary/aromatic N) is 2. The van der Waals surface area contributed by atoms with Crippen LogP contribution < -0.4 is 0 Å². The van der Waals surface area contributed by atoms with Gasteiger partial charge in [-0.15, -0.1) is 0 Å². The van der Waals surface area contributed by atoms with Crippen LogP contribution in [0.4, 0.5) is 0 Å². The molecule has 0 spiro atoms. The Morgan fingerprint density at radius 3 is 2.58 bits per heavy atom. The van der Waals surface area contributed by atoms with Crippen LogP contribution in [-0.2, 0) is 0 Å². The molecule has 102 valence electrons. The summed E-state index contributed by atoms with van der Waals surface area (Å²) >= 11 is 0. The first-order chi connectivity index (χ1) is 9.09. The van der Waals surface area contributed by atoms with Crippen LogP contribution in [0.25, 0.3) is 0 Å². The summed E-state index contributed by atoms with van der Waals surface area (Å²) in [6.07, 6.45) is 5.19. The quantitative estimate of drug-likeness (QED) is 0.850. The Labute approximate surface area is 113 Å². The third-order valence-electron chi connectivity index (χ3n) is 3.67. The summed E-state index contributed by atoms with van der Waals surface area (Å²) in [4.78, 5) is 11.1. The van der Waals surface area contributed by atoms with E-state index in [9.17, 15) is 4.79 Å². The molecule has 0 amide bonds. The molecule has 0 aliphatic carbocycles. The van der Waals surface area contributed by atoms with Gasteiger partial charge in [0.25, 0.3) is 0 Å². The van der Waals surface area contributed by atoms with Crippen molar-refractivity contribution < 1.29 is 9.90 Å². The first-order valence-corrected chi connectivity index (χ1v) is 6.74. The molecule has 0 saturated carbocycles. The van der Waals surface area contributed by atoms with Crippen LogP contribution in [0.1, 0.15) is 49.0 Å². The van der Waals surface area contributed by atoms with Crippen molar-refractivity contribution in [1.82, 2.24) is 5.01 Å². The van der Waals surface area contributed by atoms with E-state index in [1.165, 1.54) is 6.42 Å². The fourth-order valence-electron chi connectivity index (χ4n) is 2.57. The molecule has 0 radical (unpaired) electrons. The van der Waals surface area contributed by atoms with Crippen LogP contribution in [0.2, 0.25) is 0 Å². The van der Waals surface area contributed by atoms with Gasteiger partial charge in [-0.25, -0.2) is 4.79 Å². The van der Waals surface area contributed by atoms with Gasteiger partial charge in [-0.05, 0) is 39.2 Å². The largest absolute Gasteiger partial charge is 0.478 e. The predicted octanol–water partition coefficient (Wildman–Crippen LogP) is 2.98. The van der Waals surface area contributed by atoms with E-state index in [0.29, 0.717) is 23.2 Å². The Kier molecular flexibility index (Phi) is 4.20. The van der Waals surface area contributed by atoms with Gasteiger partial charge in [0.1, 0.15) is 0 Å². The number of hydrogen-bond acceptors (Lipinski definition) is 3. The SMILES string of the molecule is C[C@@H]1CCC[C@H](C)N1/N=C\c1ccccc1C(=O)O. The zero-order valence-electron chi connectivity index (χ0n) is 11.4. The summed E-state index contributed by atoms with van der Waals surface area (Å²) in [6.45, 7) is 4.33. The van der Waals surface area contributed by atoms with Crippen LogP contribution in [0.15, 0.2) is 29.4 Å². The highest BCUT2D eigenvalue weighted by atomic mass is 16.4. The van der Waals surface area contributed by atoms with Crippen molar-refractivity contribution >= 4 is 12.2 Å². The first-order valence-electron chi connectivity index (χ1n) is 6.74. The second kappa shape index (κ2) is 5.87. The summed E-state index contributed by atoms with van der Waals surface area (Å²) in [5.41, 5.74) is 0.948. The maximum Gasteiger partial charge on any atom is 0.336 e. The molecule has 1 fully saturated rings. The number of aromatic carboxylic acids is 1. The normalized spacial score (nSPS) is 23.8. The van der Waals surface area contributed by atoms with Gasteiger partial charge in [-0.3, -0.25) is 5.01 Å². The summed E-state index contributed by atoms with van der Waals surface area (Å²) in [5, 5.41) is 15.7. The van der Waals surface area contributed by atoms with Crippen molar-refractivity contribution in [2.45, 2.75) is 45.2 Å². The number of benzene rings is 1. The Hall–Kier alpha value is -1.84. The molecule has 1 aromatic carbocycles. The summed E-state index contributed by atoms with van der Waals surface area (Å²) < 4.78 is 0. The number of carboxylic acid groups (broad SMARTS) is 1. The van der Waals surface area contributed by atoms with E-state index in [1.54, 1.807) is 24.4 Å². The molecule has 0 unspecified atom stereocenters. The second-order valence-electron chi connectivity index (χ2n) is 5.15. The number of carbonyl (C=O) groups is 1. The molecule has 1 aromatic rings. The Bertz CT molecular complexity index is 475. The number of rotatable bonds is 3. The molecule has 4 heteroatoms. The topological polar surface area (TPSA) is 52.9 Å². The molecule has 0 bridgehead atoms. The molecule has 19 heavy (non-hydrogen) atoms. The Morgan fingerprint density at radius 1 is 1.32 bits per heavy atom. The maximum atomic E-state index is 11.1. The molecule has 1 aliphatic rings. The number of hydrazone groups is 1. The molecule has 1 aliphatic heterocycles. The minimum absolute atomic E-state index is 0.295. The van der Waals surface area contributed by atoms with E-state index in [2.05, 4.69) is 24.0 Å². The zero-order valence-corrected chi connectivity index (χ0v) is 11.4. The van der Waals surface area contributed by atoms with E-state index in [1.807, 2.05) is 6.07 Å². The van der Waals surface area contributed by atoms with E-state index >= 15 is 0 Å². The van der Waals surface area contributed by atoms with Crippen molar-refractivity contribution in [1.29, 1.82) is 0 Å². The van der Waals surface area contributed by atoms with Crippen molar-refractivity contribution in [2.24, 2.45) is 5.10 Å². The number of hydrogen-bond donors (Lipinski definition) is 1. The third-order valence-corrected chi connectivity index (χ3v) is 3.67. The monoisotopic (exact) mass is 260 g/mol. The second-order valence-corrected chi connectivity index (χ2v) is 5.15. The molecule has 2 atom stereocenters. The van der Waals surface area contributed by atoms with Crippen molar-refractivity contribution in [3.05, 3.63) is 35.4 Å². The van der Waals surface area contributed by atoms with Gasteiger partial charge >= 0.3 is 5.97 Å². The third kappa shape index (κ3) is 3.13. The molecular formula is C15H20N2O2. The average Bonchev–Trinajstić information content (AvgIpc) is 2.38. The maximum absolute atomic E-state index is 11.1. The van der Waals surface area contributed by atoms with Crippen LogP contribution in [-0.4, -0.2) is 34.4 Å². The van der Waals surface area contributed by atoms with Gasteiger partial charge < -0.3 is 5.11 Å². The average molecular weight is 260 g/mol. The predicted molar refractivity (Wildman–Crippen MR) is 75.6 cm³/mol. The van der Waals surface area contributed by atoms with Crippen LogP contribution in [0.3, 0.4) is 0 Å². The highest BCUT2D eigenvalue weighted by Crippen LogP contribution is 2.22. The standard InChI is InChI=1S/C15H20N2O2/c1-11-6-5-7-12(2)17(11)16-10-13-8-3-4-9-14(13)15(18)19/h3-4,8-12H,5-7H2,1-2H3,(H,18,19)/b16-10-/t11-,12+. The van der Waals surface area contributed by atoms with E-state index in [4.69, 9.17) is 5.11 Å². The Balaban J connectivity index is 2.20. The number of carboxylic acids is 1. The molecule has 1 N–H and O–H groups in total. The van der Waals surface area contributed by atoms with Crippen molar-refractivity contribution in [2.75, 3.05) is 0 Å². The fourth-order valence-corrected chi connectivity index (χ4v) is 2.57. The van der Waals surface area contributed by atoms with E-state index < -0.39 is 5.97 Å². The highest BCUT2D eigenvalue weighted by Gasteiger charge is 2.22. The van der Waals surface area contributed by atoms with E-state index in [-0.39, 0.29) is 0 Å². The van der Waals surface area contributed by atoms with Crippen LogP contribution in [0.5, 0.6) is 0 Å². The van der Waals surface area contributed by atoms with Gasteiger partial charge in [0, 0.05) is 17.6 Å². The molecular weight excluding hydrogens is 240 g/mol. The van der Waals surface area contributed by atoms with Gasteiger partial charge in [0.2, 0.25) is 0 Å². The van der Waals surface area contributed by atoms with Crippen molar-refractivity contribution in [3.8, 4) is 0 Å². The lowest BCUT2D eigenvalue weighted by Crippen LogP contribution is -2.39. The molecule has 4 nitrogen and oxygen atoms in total. The number of piperidine rings is 1. The molecule has 2 rings (SSSR count). The molecule has 1 saturated heterocycles. The first kappa shape index (κ1) is 13.6. The summed E-state index contributed by atoms with van der Waals surface area (Å²) in [6, 6.07) is 7.77. The molecule has 0 aromatic heterocycles. The summed E-state index contributed by atoms with van der Waals surface area (Å²) in [5.74, 6) is -0.915. The minimum Gasteiger partial charge on any atom is -0.478 e. The highest BCUT2D eigenvalue weighted by molar-refractivity contribution is 5.98. The van der Waals surface area contributed by atoms with Gasteiger partial charge in [0.05, 0.1) is 11.8 Å². The van der Waals surface area contributed by atoms with Gasteiger partial charge in [-0.2, -0.15) is 5.10 Å². The lowest BCUT2D eigenvalue weighted by Gasteiger charge is -2.36. The minimum atomic E-state index is -0.915. The van der Waals surface area contributed by atoms with Crippen molar-refractivity contribution in [3.63, 3.8) is 0 Å². The summed E-state index contributed by atoms with van der Waals surface area (Å²) in [7, 11) is 0. The zero-order chi connectivity index (χ0) is 13.8. The lowest BCUT2D eigenvalue weighted by atomic mass is 10.00. The Morgan fingerprint density at radius 2 is 1.95 bits per heavy atom. The molecule has 1 heterocycles. The van der Waals surface area contributed by atoms with E-state index in [0.717, 1.165) is 12.8 Å². The van der Waals surface area contributed by atoms with Gasteiger partial charge in [0.15, 0.2) is 0 Å².